The Labute approximate surface area is 143 Å². The van der Waals surface area contributed by atoms with E-state index in [-0.39, 0.29) is 17.6 Å². The molecule has 0 unspecified atom stereocenters. The lowest BCUT2D eigenvalue weighted by atomic mass is 9.84. The van der Waals surface area contributed by atoms with Gasteiger partial charge in [0.05, 0.1) is 6.26 Å². The SMILES string of the molecule is COCCCN(Cc1ccc(OS(C)(=O)=O)cc1)C(=O)C1CCC1. The molecule has 0 N–H and O–H groups in total. The van der Waals surface area contributed by atoms with Crippen LogP contribution in [0.1, 0.15) is 31.2 Å². The minimum Gasteiger partial charge on any atom is -0.385 e. The molecule has 134 valence electrons. The highest BCUT2D eigenvalue weighted by Crippen LogP contribution is 2.29. The summed E-state index contributed by atoms with van der Waals surface area (Å²) in [4.78, 5) is 14.4. The largest absolute Gasteiger partial charge is 0.385 e. The molecule has 1 fully saturated rings. The molecule has 1 aliphatic carbocycles. The minimum atomic E-state index is -3.53. The summed E-state index contributed by atoms with van der Waals surface area (Å²) in [5, 5.41) is 0. The third-order valence-corrected chi connectivity index (χ3v) is 4.58. The van der Waals surface area contributed by atoms with E-state index in [1.54, 1.807) is 31.4 Å². The number of hydrogen-bond acceptors (Lipinski definition) is 5. The van der Waals surface area contributed by atoms with E-state index in [0.29, 0.717) is 19.7 Å². The average molecular weight is 355 g/mol. The Morgan fingerprint density at radius 2 is 1.92 bits per heavy atom. The quantitative estimate of drug-likeness (QED) is 0.501. The van der Waals surface area contributed by atoms with Crippen molar-refractivity contribution in [2.45, 2.75) is 32.2 Å². The number of ether oxygens (including phenoxy) is 1. The smallest absolute Gasteiger partial charge is 0.306 e. The van der Waals surface area contributed by atoms with Crippen LogP contribution in [-0.2, 0) is 26.2 Å². The van der Waals surface area contributed by atoms with E-state index in [2.05, 4.69) is 0 Å². The normalized spacial score (nSPS) is 14.9. The number of benzene rings is 1. The Kier molecular flexibility index (Phi) is 6.62. The van der Waals surface area contributed by atoms with Crippen LogP contribution in [0.25, 0.3) is 0 Å². The Morgan fingerprint density at radius 3 is 2.42 bits per heavy atom. The summed E-state index contributed by atoms with van der Waals surface area (Å²) in [6.07, 6.45) is 4.88. The number of hydrogen-bond donors (Lipinski definition) is 0. The van der Waals surface area contributed by atoms with Crippen LogP contribution in [0.15, 0.2) is 24.3 Å². The Morgan fingerprint density at radius 1 is 1.25 bits per heavy atom. The van der Waals surface area contributed by atoms with Gasteiger partial charge in [-0.05, 0) is 37.0 Å². The molecule has 7 heteroatoms. The molecule has 24 heavy (non-hydrogen) atoms. The second kappa shape index (κ2) is 8.48. The maximum Gasteiger partial charge on any atom is 0.306 e. The van der Waals surface area contributed by atoms with Crippen LogP contribution >= 0.6 is 0 Å². The van der Waals surface area contributed by atoms with E-state index in [9.17, 15) is 13.2 Å². The molecule has 0 aliphatic heterocycles. The molecular formula is C17H25NO5S. The van der Waals surface area contributed by atoms with Crippen molar-refractivity contribution in [2.24, 2.45) is 5.92 Å². The zero-order valence-electron chi connectivity index (χ0n) is 14.2. The maximum atomic E-state index is 12.6. The molecular weight excluding hydrogens is 330 g/mol. The van der Waals surface area contributed by atoms with Crippen molar-refractivity contribution in [2.75, 3.05) is 26.5 Å². The maximum absolute atomic E-state index is 12.6. The van der Waals surface area contributed by atoms with Crippen LogP contribution in [0.3, 0.4) is 0 Å². The summed E-state index contributed by atoms with van der Waals surface area (Å²) in [5.74, 6) is 0.631. The van der Waals surface area contributed by atoms with E-state index in [1.807, 2.05) is 4.90 Å². The topological polar surface area (TPSA) is 72.9 Å². The van der Waals surface area contributed by atoms with Gasteiger partial charge in [0, 0.05) is 32.7 Å². The van der Waals surface area contributed by atoms with E-state index in [4.69, 9.17) is 8.92 Å². The first-order valence-corrected chi connectivity index (χ1v) is 9.97. The van der Waals surface area contributed by atoms with Crippen LogP contribution in [0.4, 0.5) is 0 Å². The van der Waals surface area contributed by atoms with E-state index >= 15 is 0 Å². The summed E-state index contributed by atoms with van der Waals surface area (Å²) in [5.41, 5.74) is 0.945. The second-order valence-corrected chi connectivity index (χ2v) is 7.74. The van der Waals surface area contributed by atoms with Gasteiger partial charge in [0.15, 0.2) is 0 Å². The highest BCUT2D eigenvalue weighted by atomic mass is 32.2. The summed E-state index contributed by atoms with van der Waals surface area (Å²) < 4.78 is 32.2. The first kappa shape index (κ1) is 18.7. The van der Waals surface area contributed by atoms with Crippen LogP contribution in [0.2, 0.25) is 0 Å². The molecule has 0 saturated heterocycles. The second-order valence-electron chi connectivity index (χ2n) is 6.17. The van der Waals surface area contributed by atoms with E-state index < -0.39 is 10.1 Å². The molecule has 1 aliphatic rings. The monoisotopic (exact) mass is 355 g/mol. The van der Waals surface area contributed by atoms with Crippen LogP contribution in [-0.4, -0.2) is 45.7 Å². The minimum absolute atomic E-state index is 0.153. The van der Waals surface area contributed by atoms with Crippen molar-refractivity contribution >= 4 is 16.0 Å². The van der Waals surface area contributed by atoms with Gasteiger partial charge in [-0.3, -0.25) is 4.79 Å². The predicted molar refractivity (Wildman–Crippen MR) is 91.2 cm³/mol. The Bertz CT molecular complexity index is 637. The molecule has 2 rings (SSSR count). The van der Waals surface area contributed by atoms with Crippen molar-refractivity contribution in [3.63, 3.8) is 0 Å². The van der Waals surface area contributed by atoms with Crippen LogP contribution in [0, 0.1) is 5.92 Å². The predicted octanol–water partition coefficient (Wildman–Crippen LogP) is 2.19. The van der Waals surface area contributed by atoms with Gasteiger partial charge in [0.1, 0.15) is 5.75 Å². The van der Waals surface area contributed by atoms with Gasteiger partial charge in [0.2, 0.25) is 5.91 Å². The number of carbonyl (C=O) groups excluding carboxylic acids is 1. The summed E-state index contributed by atoms with van der Waals surface area (Å²) >= 11 is 0. The number of methoxy groups -OCH3 is 1. The highest BCUT2D eigenvalue weighted by molar-refractivity contribution is 7.86. The fourth-order valence-electron chi connectivity index (χ4n) is 2.63. The first-order valence-electron chi connectivity index (χ1n) is 8.15. The molecule has 1 aromatic rings. The fraction of sp³-hybridized carbons (Fsp3) is 0.588. The molecule has 0 bridgehead atoms. The van der Waals surface area contributed by atoms with Gasteiger partial charge in [-0.2, -0.15) is 8.42 Å². The Hall–Kier alpha value is -1.60. The van der Waals surface area contributed by atoms with E-state index in [1.165, 1.54) is 0 Å². The number of nitrogens with zero attached hydrogens (tertiary/aromatic N) is 1. The van der Waals surface area contributed by atoms with Crippen LogP contribution in [0.5, 0.6) is 5.75 Å². The van der Waals surface area contributed by atoms with E-state index in [0.717, 1.165) is 37.5 Å². The molecule has 6 nitrogen and oxygen atoms in total. The number of rotatable bonds is 9. The van der Waals surface area contributed by atoms with Gasteiger partial charge in [-0.15, -0.1) is 0 Å². The lowest BCUT2D eigenvalue weighted by molar-refractivity contribution is -0.139. The van der Waals surface area contributed by atoms with Gasteiger partial charge in [-0.25, -0.2) is 0 Å². The highest BCUT2D eigenvalue weighted by Gasteiger charge is 2.29. The third kappa shape index (κ3) is 5.79. The lowest BCUT2D eigenvalue weighted by Gasteiger charge is -2.32. The van der Waals surface area contributed by atoms with Gasteiger partial charge in [0.25, 0.3) is 0 Å². The first-order chi connectivity index (χ1) is 11.4. The molecule has 0 aromatic heterocycles. The third-order valence-electron chi connectivity index (χ3n) is 4.09. The average Bonchev–Trinajstić information content (AvgIpc) is 2.45. The molecule has 1 saturated carbocycles. The van der Waals surface area contributed by atoms with Crippen molar-refractivity contribution in [1.29, 1.82) is 0 Å². The van der Waals surface area contributed by atoms with Crippen molar-refractivity contribution < 1.29 is 22.1 Å². The lowest BCUT2D eigenvalue weighted by Crippen LogP contribution is -2.39. The fourth-order valence-corrected chi connectivity index (χ4v) is 3.09. The molecule has 0 heterocycles. The standard InChI is InChI=1S/C17H25NO5S/c1-22-12-4-11-18(17(19)15-5-3-6-15)13-14-7-9-16(10-8-14)23-24(2,20)21/h7-10,15H,3-6,11-13H2,1-2H3. The number of carbonyl (C=O) groups is 1. The zero-order chi connectivity index (χ0) is 17.6. The van der Waals surface area contributed by atoms with Gasteiger partial charge < -0.3 is 13.8 Å². The summed E-state index contributed by atoms with van der Waals surface area (Å²) in [6, 6.07) is 6.80. The zero-order valence-corrected chi connectivity index (χ0v) is 15.0. The molecule has 0 atom stereocenters. The van der Waals surface area contributed by atoms with Crippen molar-refractivity contribution in [3.05, 3.63) is 29.8 Å². The number of amides is 1. The Balaban J connectivity index is 2.00. The van der Waals surface area contributed by atoms with Gasteiger partial charge >= 0.3 is 10.1 Å². The van der Waals surface area contributed by atoms with Crippen LogP contribution < -0.4 is 4.18 Å². The molecule has 1 amide bonds. The molecule has 1 aromatic carbocycles. The molecule has 0 radical (unpaired) electrons. The summed E-state index contributed by atoms with van der Waals surface area (Å²) in [6.45, 7) is 1.79. The van der Waals surface area contributed by atoms with Gasteiger partial charge in [-0.1, -0.05) is 18.6 Å². The van der Waals surface area contributed by atoms with Crippen molar-refractivity contribution in [3.8, 4) is 5.75 Å². The summed E-state index contributed by atoms with van der Waals surface area (Å²) in [7, 11) is -1.88. The van der Waals surface area contributed by atoms with Crippen molar-refractivity contribution in [1.82, 2.24) is 4.90 Å². The molecule has 0 spiro atoms.